The van der Waals surface area contributed by atoms with E-state index in [-0.39, 0.29) is 25.4 Å². The number of ether oxygens (including phenoxy) is 1. The Morgan fingerprint density at radius 1 is 1.21 bits per heavy atom. The zero-order valence-corrected chi connectivity index (χ0v) is 20.4. The van der Waals surface area contributed by atoms with Crippen molar-refractivity contribution >= 4 is 23.2 Å². The summed E-state index contributed by atoms with van der Waals surface area (Å²) in [6.45, 7) is 5.81. The number of hydrogen-bond donors (Lipinski definition) is 2. The monoisotopic (exact) mass is 474 g/mol. The third-order valence-corrected chi connectivity index (χ3v) is 6.75. The number of rotatable bonds is 11. The highest BCUT2D eigenvalue weighted by Crippen LogP contribution is 2.27. The van der Waals surface area contributed by atoms with E-state index in [1.807, 2.05) is 31.2 Å². The topological polar surface area (TPSA) is 82.9 Å². The van der Waals surface area contributed by atoms with Crippen LogP contribution in [0.25, 0.3) is 0 Å². The quantitative estimate of drug-likeness (QED) is 0.363. The van der Waals surface area contributed by atoms with Crippen molar-refractivity contribution in [3.05, 3.63) is 52.7 Å². The molecule has 3 rings (SSSR count). The van der Waals surface area contributed by atoms with Crippen LogP contribution in [-0.4, -0.2) is 53.9 Å². The summed E-state index contributed by atoms with van der Waals surface area (Å²) in [7, 11) is 0. The van der Waals surface area contributed by atoms with Crippen molar-refractivity contribution in [3.63, 3.8) is 0 Å². The van der Waals surface area contributed by atoms with Gasteiger partial charge in [-0.2, -0.15) is 0 Å². The van der Waals surface area contributed by atoms with Crippen LogP contribution < -0.4 is 9.64 Å². The Kier molecular flexibility index (Phi) is 9.12. The molecule has 6 nitrogen and oxygen atoms in total. The van der Waals surface area contributed by atoms with E-state index in [1.165, 1.54) is 0 Å². The Bertz CT molecular complexity index is 907. The average Bonchev–Trinajstić information content (AvgIpc) is 2.82. The van der Waals surface area contributed by atoms with E-state index in [9.17, 15) is 15.0 Å². The number of halogens is 1. The number of ketones is 1. The lowest BCUT2D eigenvalue weighted by molar-refractivity contribution is 0.0541. The molecule has 180 valence electrons. The number of anilines is 1. The minimum atomic E-state index is -0.805. The van der Waals surface area contributed by atoms with E-state index in [4.69, 9.17) is 16.3 Å². The largest absolute Gasteiger partial charge is 0.494 e. The van der Waals surface area contributed by atoms with Gasteiger partial charge in [0.05, 0.1) is 24.8 Å². The molecule has 0 unspecified atom stereocenters. The van der Waals surface area contributed by atoms with Crippen molar-refractivity contribution in [1.82, 2.24) is 4.98 Å². The van der Waals surface area contributed by atoms with Crippen LogP contribution in [0.5, 0.6) is 5.75 Å². The van der Waals surface area contributed by atoms with Crippen molar-refractivity contribution in [2.24, 2.45) is 11.3 Å². The third kappa shape index (κ3) is 7.16. The number of hydrogen-bond acceptors (Lipinski definition) is 6. The first kappa shape index (κ1) is 25.5. The number of carbonyl (C=O) groups excluding carboxylic acids is 1. The molecule has 1 fully saturated rings. The minimum absolute atomic E-state index is 0.0789. The molecule has 2 aromatic rings. The van der Waals surface area contributed by atoms with Crippen LogP contribution in [0.1, 0.15) is 54.9 Å². The molecule has 0 spiro atoms. The van der Waals surface area contributed by atoms with E-state index < -0.39 is 5.41 Å². The first-order valence-corrected chi connectivity index (χ1v) is 12.1. The SMILES string of the molecule is Cc1cc(OCCCC2CCN(c3ccc(Cl)cn3)CC2)ccc1C(=O)CC(C)(CO)CO. The van der Waals surface area contributed by atoms with Crippen LogP contribution in [0.3, 0.4) is 0 Å². The Hall–Kier alpha value is -2.15. The number of nitrogens with zero attached hydrogens (tertiary/aromatic N) is 2. The summed E-state index contributed by atoms with van der Waals surface area (Å²) in [6, 6.07) is 9.36. The number of Topliss-reactive ketones (excluding diaryl/α,β-unsaturated/α-hetero) is 1. The Morgan fingerprint density at radius 2 is 1.94 bits per heavy atom. The van der Waals surface area contributed by atoms with Crippen LogP contribution in [0.2, 0.25) is 5.02 Å². The molecule has 1 aliphatic rings. The van der Waals surface area contributed by atoms with Gasteiger partial charge in [0.15, 0.2) is 5.78 Å². The molecule has 7 heteroatoms. The van der Waals surface area contributed by atoms with Crippen molar-refractivity contribution in [1.29, 1.82) is 0 Å². The van der Waals surface area contributed by atoms with Gasteiger partial charge in [-0.3, -0.25) is 4.79 Å². The summed E-state index contributed by atoms with van der Waals surface area (Å²) in [5.74, 6) is 2.38. The Labute approximate surface area is 201 Å². The van der Waals surface area contributed by atoms with Crippen molar-refractivity contribution < 1.29 is 19.7 Å². The molecule has 33 heavy (non-hydrogen) atoms. The lowest BCUT2D eigenvalue weighted by Crippen LogP contribution is -2.34. The summed E-state index contributed by atoms with van der Waals surface area (Å²) in [5.41, 5.74) is 0.650. The van der Waals surface area contributed by atoms with Gasteiger partial charge in [0.2, 0.25) is 0 Å². The number of aromatic nitrogens is 1. The second-order valence-corrected chi connectivity index (χ2v) is 9.90. The van der Waals surface area contributed by atoms with Crippen molar-refractivity contribution in [3.8, 4) is 5.75 Å². The van der Waals surface area contributed by atoms with Gasteiger partial charge in [-0.15, -0.1) is 0 Å². The van der Waals surface area contributed by atoms with Crippen LogP contribution in [0, 0.1) is 18.3 Å². The van der Waals surface area contributed by atoms with Crippen molar-refractivity contribution in [2.45, 2.75) is 46.0 Å². The fraction of sp³-hybridized carbons (Fsp3) is 0.538. The van der Waals surface area contributed by atoms with Gasteiger partial charge >= 0.3 is 0 Å². The molecule has 0 saturated carbocycles. The first-order valence-electron chi connectivity index (χ1n) is 11.7. The molecular weight excluding hydrogens is 440 g/mol. The average molecular weight is 475 g/mol. The second kappa shape index (κ2) is 11.8. The smallest absolute Gasteiger partial charge is 0.163 e. The van der Waals surface area contributed by atoms with Gasteiger partial charge in [-0.05, 0) is 74.4 Å². The van der Waals surface area contributed by atoms with Crippen LogP contribution in [0.4, 0.5) is 5.82 Å². The van der Waals surface area contributed by atoms with E-state index in [0.717, 1.165) is 55.9 Å². The molecule has 0 radical (unpaired) electrons. The van der Waals surface area contributed by atoms with E-state index in [1.54, 1.807) is 19.2 Å². The summed E-state index contributed by atoms with van der Waals surface area (Å²) < 4.78 is 5.93. The fourth-order valence-corrected chi connectivity index (χ4v) is 4.36. The standard InChI is InChI=1S/C26H35ClN2O4/c1-19-14-22(6-7-23(19)24(32)15-26(2,17-30)18-31)33-13-3-4-20-9-11-29(12-10-20)25-8-5-21(27)16-28-25/h5-8,14,16,20,30-31H,3-4,9-13,15,17-18H2,1-2H3. The van der Waals surface area contributed by atoms with Gasteiger partial charge < -0.3 is 19.8 Å². The second-order valence-electron chi connectivity index (χ2n) is 9.46. The van der Waals surface area contributed by atoms with Crippen LogP contribution in [-0.2, 0) is 0 Å². The van der Waals surface area contributed by atoms with E-state index >= 15 is 0 Å². The molecule has 0 amide bonds. The zero-order valence-electron chi connectivity index (χ0n) is 19.6. The highest BCUT2D eigenvalue weighted by molar-refractivity contribution is 6.30. The fourth-order valence-electron chi connectivity index (χ4n) is 4.25. The first-order chi connectivity index (χ1) is 15.8. The maximum atomic E-state index is 12.6. The molecule has 1 aromatic carbocycles. The Balaban J connectivity index is 1.40. The highest BCUT2D eigenvalue weighted by atomic mass is 35.5. The van der Waals surface area contributed by atoms with E-state index in [2.05, 4.69) is 9.88 Å². The predicted molar refractivity (Wildman–Crippen MR) is 131 cm³/mol. The molecule has 1 aliphatic heterocycles. The molecule has 0 aliphatic carbocycles. The van der Waals surface area contributed by atoms with Gasteiger partial charge in [-0.25, -0.2) is 4.98 Å². The lowest BCUT2D eigenvalue weighted by atomic mass is 9.84. The number of benzene rings is 1. The molecule has 0 atom stereocenters. The number of pyridine rings is 1. The molecule has 1 saturated heterocycles. The lowest BCUT2D eigenvalue weighted by Gasteiger charge is -2.32. The van der Waals surface area contributed by atoms with Crippen molar-refractivity contribution in [2.75, 3.05) is 37.8 Å². The molecule has 0 bridgehead atoms. The molecular formula is C26H35ClN2O4. The maximum Gasteiger partial charge on any atom is 0.163 e. The van der Waals surface area contributed by atoms with Crippen LogP contribution in [0.15, 0.2) is 36.5 Å². The molecule has 2 N–H and O–H groups in total. The van der Waals surface area contributed by atoms with Crippen LogP contribution >= 0.6 is 11.6 Å². The predicted octanol–water partition coefficient (Wildman–Crippen LogP) is 4.68. The summed E-state index contributed by atoms with van der Waals surface area (Å²) in [4.78, 5) is 19.3. The van der Waals surface area contributed by atoms with E-state index in [0.29, 0.717) is 23.1 Å². The van der Waals surface area contributed by atoms with Gasteiger partial charge in [0, 0.05) is 36.7 Å². The number of piperidine rings is 1. The number of aliphatic hydroxyl groups excluding tert-OH is 2. The summed E-state index contributed by atoms with van der Waals surface area (Å²) in [5, 5.41) is 19.5. The number of aliphatic hydroxyl groups is 2. The normalized spacial score (nSPS) is 15.0. The highest BCUT2D eigenvalue weighted by Gasteiger charge is 2.27. The zero-order chi connectivity index (χ0) is 23.8. The summed E-state index contributed by atoms with van der Waals surface area (Å²) >= 11 is 5.93. The van der Waals surface area contributed by atoms with Gasteiger partial charge in [0.25, 0.3) is 0 Å². The molecule has 2 heterocycles. The Morgan fingerprint density at radius 3 is 2.55 bits per heavy atom. The number of aryl methyl sites for hydroxylation is 1. The molecule has 1 aromatic heterocycles. The van der Waals surface area contributed by atoms with Gasteiger partial charge in [-0.1, -0.05) is 18.5 Å². The summed E-state index contributed by atoms with van der Waals surface area (Å²) in [6.07, 6.45) is 6.24. The number of carbonyl (C=O) groups is 1. The maximum absolute atomic E-state index is 12.6. The van der Waals surface area contributed by atoms with Gasteiger partial charge in [0.1, 0.15) is 11.6 Å². The minimum Gasteiger partial charge on any atom is -0.494 e. The third-order valence-electron chi connectivity index (χ3n) is 6.52.